The summed E-state index contributed by atoms with van der Waals surface area (Å²) in [6.07, 6.45) is 3.19. The molecule has 2 aromatic rings. The van der Waals surface area contributed by atoms with Gasteiger partial charge in [-0.25, -0.2) is 0 Å². The molecular formula is C22H24N2O5. The fourth-order valence-corrected chi connectivity index (χ4v) is 3.31. The van der Waals surface area contributed by atoms with Crippen LogP contribution in [0, 0.1) is 0 Å². The van der Waals surface area contributed by atoms with Crippen molar-refractivity contribution >= 4 is 17.4 Å². The van der Waals surface area contributed by atoms with Gasteiger partial charge in [-0.1, -0.05) is 0 Å². The monoisotopic (exact) mass is 396 g/mol. The summed E-state index contributed by atoms with van der Waals surface area (Å²) < 4.78 is 10.7. The minimum atomic E-state index is -0.720. The van der Waals surface area contributed by atoms with Crippen molar-refractivity contribution in [3.8, 4) is 5.75 Å². The maximum Gasteiger partial charge on any atom is 0.295 e. The number of carbonyl (C=O) groups excluding carboxylic acids is 2. The van der Waals surface area contributed by atoms with Gasteiger partial charge in [-0.05, 0) is 55.8 Å². The first-order chi connectivity index (χ1) is 13.9. The van der Waals surface area contributed by atoms with E-state index in [0.29, 0.717) is 16.9 Å². The molecular weight excluding hydrogens is 372 g/mol. The lowest BCUT2D eigenvalue weighted by molar-refractivity contribution is -0.140. The molecule has 3 rings (SSSR count). The van der Waals surface area contributed by atoms with E-state index >= 15 is 0 Å². The summed E-state index contributed by atoms with van der Waals surface area (Å²) in [6, 6.07) is 9.51. The summed E-state index contributed by atoms with van der Waals surface area (Å²) in [6.45, 7) is 4.34. The molecule has 7 nitrogen and oxygen atoms in total. The molecule has 1 aliphatic rings. The second kappa shape index (κ2) is 8.87. The Balaban J connectivity index is 2.05. The molecule has 7 heteroatoms. The number of hydrogen-bond acceptors (Lipinski definition) is 6. The van der Waals surface area contributed by atoms with E-state index in [4.69, 9.17) is 9.47 Å². The molecule has 1 atom stereocenters. The summed E-state index contributed by atoms with van der Waals surface area (Å²) >= 11 is 0. The number of ether oxygens (including phenoxy) is 2. The first-order valence-corrected chi connectivity index (χ1v) is 9.38. The van der Waals surface area contributed by atoms with Gasteiger partial charge in [0.2, 0.25) is 0 Å². The van der Waals surface area contributed by atoms with E-state index in [-0.39, 0.29) is 30.6 Å². The number of methoxy groups -OCH3 is 1. The molecule has 1 amide bonds. The Morgan fingerprint density at radius 3 is 2.38 bits per heavy atom. The number of ketones is 1. The number of benzene rings is 1. The Labute approximate surface area is 169 Å². The number of nitrogens with zero attached hydrogens (tertiary/aromatic N) is 2. The van der Waals surface area contributed by atoms with Gasteiger partial charge in [-0.2, -0.15) is 0 Å². The molecule has 0 spiro atoms. The molecule has 1 aromatic heterocycles. The van der Waals surface area contributed by atoms with Crippen LogP contribution in [0.15, 0.2) is 54.4 Å². The van der Waals surface area contributed by atoms with Crippen LogP contribution in [0.5, 0.6) is 5.75 Å². The Morgan fingerprint density at radius 1 is 1.14 bits per heavy atom. The van der Waals surface area contributed by atoms with Crippen LogP contribution >= 0.6 is 0 Å². The van der Waals surface area contributed by atoms with E-state index in [1.807, 2.05) is 13.8 Å². The predicted octanol–water partition coefficient (Wildman–Crippen LogP) is 2.94. The highest BCUT2D eigenvalue weighted by molar-refractivity contribution is 6.46. The number of pyridine rings is 1. The van der Waals surface area contributed by atoms with Crippen LogP contribution in [0.1, 0.15) is 31.0 Å². The standard InChI is InChI=1S/C22H24N2O5/c1-14(2)29-17-6-4-16(5-7-17)20(25)18-19(15-8-10-23-11-9-15)24(12-13-28-3)22(27)21(18)26/h4-11,14,19,25H,12-13H2,1-3H3/t19-/m0/s1. The number of carbonyl (C=O) groups is 2. The highest BCUT2D eigenvalue weighted by atomic mass is 16.5. The zero-order valence-electron chi connectivity index (χ0n) is 16.7. The summed E-state index contributed by atoms with van der Waals surface area (Å²) in [5.41, 5.74) is 1.18. The van der Waals surface area contributed by atoms with Gasteiger partial charge in [0.1, 0.15) is 11.5 Å². The summed E-state index contributed by atoms with van der Waals surface area (Å²) in [4.78, 5) is 30.9. The SMILES string of the molecule is COCCN1C(=O)C(=O)C(=C(O)c2ccc(OC(C)C)cc2)[C@@H]1c1ccncc1. The van der Waals surface area contributed by atoms with Crippen molar-refractivity contribution in [2.24, 2.45) is 0 Å². The second-order valence-corrected chi connectivity index (χ2v) is 6.96. The third kappa shape index (κ3) is 4.30. The van der Waals surface area contributed by atoms with Crippen LogP contribution in [-0.4, -0.2) is 53.0 Å². The number of rotatable bonds is 7. The normalized spacial score (nSPS) is 18.5. The van der Waals surface area contributed by atoms with E-state index < -0.39 is 17.7 Å². The van der Waals surface area contributed by atoms with Gasteiger partial charge in [0.25, 0.3) is 11.7 Å². The topological polar surface area (TPSA) is 89.0 Å². The van der Waals surface area contributed by atoms with Crippen molar-refractivity contribution in [1.29, 1.82) is 0 Å². The van der Waals surface area contributed by atoms with E-state index in [0.717, 1.165) is 0 Å². The minimum absolute atomic E-state index is 0.0206. The van der Waals surface area contributed by atoms with E-state index in [9.17, 15) is 14.7 Å². The molecule has 1 aliphatic heterocycles. The summed E-state index contributed by atoms with van der Waals surface area (Å²) in [5, 5.41) is 10.9. The molecule has 0 radical (unpaired) electrons. The molecule has 1 fully saturated rings. The maximum absolute atomic E-state index is 12.8. The molecule has 1 aromatic carbocycles. The Bertz CT molecular complexity index is 907. The highest BCUT2D eigenvalue weighted by Gasteiger charge is 2.45. The summed E-state index contributed by atoms with van der Waals surface area (Å²) in [7, 11) is 1.53. The molecule has 2 heterocycles. The molecule has 29 heavy (non-hydrogen) atoms. The number of hydrogen-bond donors (Lipinski definition) is 1. The van der Waals surface area contributed by atoms with Crippen LogP contribution in [0.2, 0.25) is 0 Å². The van der Waals surface area contributed by atoms with Crippen LogP contribution in [0.25, 0.3) is 5.76 Å². The maximum atomic E-state index is 12.8. The third-order valence-corrected chi connectivity index (χ3v) is 4.60. The Kier molecular flexibility index (Phi) is 6.29. The number of likely N-dealkylation sites (tertiary alicyclic amines) is 1. The first-order valence-electron chi connectivity index (χ1n) is 9.38. The number of aromatic nitrogens is 1. The quantitative estimate of drug-likeness (QED) is 0.440. The number of Topliss-reactive ketones (excluding diaryl/α,β-unsaturated/α-hetero) is 1. The van der Waals surface area contributed by atoms with Crippen LogP contribution in [0.4, 0.5) is 0 Å². The molecule has 0 unspecified atom stereocenters. The largest absolute Gasteiger partial charge is 0.507 e. The number of aliphatic hydroxyl groups is 1. The zero-order valence-corrected chi connectivity index (χ0v) is 16.7. The lowest BCUT2D eigenvalue weighted by Gasteiger charge is -2.24. The average molecular weight is 396 g/mol. The second-order valence-electron chi connectivity index (χ2n) is 6.96. The third-order valence-electron chi connectivity index (χ3n) is 4.60. The van der Waals surface area contributed by atoms with Crippen molar-refractivity contribution in [2.45, 2.75) is 26.0 Å². The highest BCUT2D eigenvalue weighted by Crippen LogP contribution is 2.39. The van der Waals surface area contributed by atoms with Crippen molar-refractivity contribution in [1.82, 2.24) is 9.88 Å². The smallest absolute Gasteiger partial charge is 0.295 e. The molecule has 0 saturated carbocycles. The molecule has 0 bridgehead atoms. The van der Waals surface area contributed by atoms with E-state index in [1.54, 1.807) is 48.8 Å². The van der Waals surface area contributed by atoms with Gasteiger partial charge >= 0.3 is 0 Å². The lowest BCUT2D eigenvalue weighted by atomic mass is 9.96. The van der Waals surface area contributed by atoms with Crippen LogP contribution < -0.4 is 4.74 Å². The van der Waals surface area contributed by atoms with Crippen molar-refractivity contribution in [2.75, 3.05) is 20.3 Å². The summed E-state index contributed by atoms with van der Waals surface area (Å²) in [5.74, 6) is -0.947. The van der Waals surface area contributed by atoms with Crippen LogP contribution in [-0.2, 0) is 14.3 Å². The number of amides is 1. The van der Waals surface area contributed by atoms with E-state index in [2.05, 4.69) is 4.98 Å². The van der Waals surface area contributed by atoms with Crippen molar-refractivity contribution < 1.29 is 24.2 Å². The lowest BCUT2D eigenvalue weighted by Crippen LogP contribution is -2.32. The van der Waals surface area contributed by atoms with Gasteiger partial charge < -0.3 is 19.5 Å². The minimum Gasteiger partial charge on any atom is -0.507 e. The van der Waals surface area contributed by atoms with Gasteiger partial charge in [0.05, 0.1) is 24.3 Å². The van der Waals surface area contributed by atoms with Gasteiger partial charge in [-0.3, -0.25) is 14.6 Å². The van der Waals surface area contributed by atoms with Gasteiger partial charge in [0, 0.05) is 31.6 Å². The Morgan fingerprint density at radius 2 is 1.79 bits per heavy atom. The molecule has 1 saturated heterocycles. The van der Waals surface area contributed by atoms with Crippen molar-refractivity contribution in [3.63, 3.8) is 0 Å². The van der Waals surface area contributed by atoms with Gasteiger partial charge in [0.15, 0.2) is 0 Å². The Hall–Kier alpha value is -3.19. The van der Waals surface area contributed by atoms with Crippen molar-refractivity contribution in [3.05, 3.63) is 65.5 Å². The zero-order chi connectivity index (χ0) is 21.0. The molecule has 152 valence electrons. The number of aliphatic hydroxyl groups excluding tert-OH is 1. The first kappa shape index (κ1) is 20.5. The van der Waals surface area contributed by atoms with Gasteiger partial charge in [-0.15, -0.1) is 0 Å². The van der Waals surface area contributed by atoms with Crippen LogP contribution in [0.3, 0.4) is 0 Å². The fourth-order valence-electron chi connectivity index (χ4n) is 3.31. The molecule has 1 N–H and O–H groups in total. The fraction of sp³-hybridized carbons (Fsp3) is 0.318. The van der Waals surface area contributed by atoms with E-state index in [1.165, 1.54) is 12.0 Å². The predicted molar refractivity (Wildman–Crippen MR) is 107 cm³/mol. The molecule has 0 aliphatic carbocycles. The average Bonchev–Trinajstić information content (AvgIpc) is 2.97.